The van der Waals surface area contributed by atoms with Crippen molar-refractivity contribution in [1.29, 1.82) is 0 Å². The molecule has 0 radical (unpaired) electrons. The Balaban J connectivity index is 1.48. The Morgan fingerprint density at radius 3 is 2.81 bits per heavy atom. The van der Waals surface area contributed by atoms with Crippen molar-refractivity contribution in [3.05, 3.63) is 83.4 Å². The number of pyridine rings is 1. The first-order chi connectivity index (χ1) is 12.8. The van der Waals surface area contributed by atoms with Crippen molar-refractivity contribution in [2.75, 3.05) is 13.1 Å². The predicted octanol–water partition coefficient (Wildman–Crippen LogP) is 3.42. The molecule has 0 aliphatic carbocycles. The number of carbonyl (C=O) groups is 1. The average Bonchev–Trinajstić information content (AvgIpc) is 3.23. The summed E-state index contributed by atoms with van der Waals surface area (Å²) >= 11 is 0. The second kappa shape index (κ2) is 7.52. The summed E-state index contributed by atoms with van der Waals surface area (Å²) in [6, 6.07) is 18.4. The second-order valence-corrected chi connectivity index (χ2v) is 6.78. The summed E-state index contributed by atoms with van der Waals surface area (Å²) in [7, 11) is 0. The van der Waals surface area contributed by atoms with E-state index in [1.54, 1.807) is 12.3 Å². The molecule has 26 heavy (non-hydrogen) atoms. The number of nitrogens with one attached hydrogen (secondary N) is 1. The van der Waals surface area contributed by atoms with Crippen LogP contribution >= 0.6 is 0 Å². The Morgan fingerprint density at radius 1 is 1.12 bits per heavy atom. The molecule has 5 nitrogen and oxygen atoms in total. The number of aromatic nitrogens is 3. The number of hydrogen-bond donors (Lipinski definition) is 1. The molecule has 1 aromatic carbocycles. The number of rotatable bonds is 4. The van der Waals surface area contributed by atoms with Crippen LogP contribution in [0, 0.1) is 0 Å². The van der Waals surface area contributed by atoms with Gasteiger partial charge in [0.1, 0.15) is 5.69 Å². The number of aromatic amines is 1. The number of amides is 1. The summed E-state index contributed by atoms with van der Waals surface area (Å²) in [6.45, 7) is 1.50. The van der Waals surface area contributed by atoms with Crippen molar-refractivity contribution in [1.82, 2.24) is 20.1 Å². The van der Waals surface area contributed by atoms with Crippen LogP contribution < -0.4 is 0 Å². The van der Waals surface area contributed by atoms with Crippen LogP contribution in [0.5, 0.6) is 0 Å². The topological polar surface area (TPSA) is 61.9 Å². The fraction of sp³-hybridized carbons (Fsp3) is 0.286. The molecule has 2 aromatic heterocycles. The molecule has 1 N–H and O–H groups in total. The molecule has 3 heterocycles. The monoisotopic (exact) mass is 346 g/mol. The minimum Gasteiger partial charge on any atom is -0.337 e. The molecule has 1 fully saturated rings. The van der Waals surface area contributed by atoms with Crippen LogP contribution in [0.15, 0.2) is 60.8 Å². The molecule has 1 amide bonds. The lowest BCUT2D eigenvalue weighted by atomic mass is 9.93. The molecule has 0 spiro atoms. The number of likely N-dealkylation sites (tertiary alicyclic amines) is 1. The van der Waals surface area contributed by atoms with E-state index >= 15 is 0 Å². The van der Waals surface area contributed by atoms with Gasteiger partial charge in [0.05, 0.1) is 0 Å². The van der Waals surface area contributed by atoms with E-state index in [1.807, 2.05) is 11.0 Å². The lowest BCUT2D eigenvalue weighted by molar-refractivity contribution is 0.0700. The maximum atomic E-state index is 12.6. The SMILES string of the molecule is O=C(c1ccn[nH]1)N1CCC[C@@H](c2cccc(Cc3ccccc3)n2)C1. The van der Waals surface area contributed by atoms with E-state index in [2.05, 4.69) is 52.7 Å². The zero-order valence-corrected chi connectivity index (χ0v) is 14.6. The van der Waals surface area contributed by atoms with Gasteiger partial charge in [-0.25, -0.2) is 0 Å². The van der Waals surface area contributed by atoms with E-state index in [0.717, 1.165) is 37.2 Å². The van der Waals surface area contributed by atoms with Gasteiger partial charge in [-0.2, -0.15) is 5.10 Å². The molecule has 5 heteroatoms. The van der Waals surface area contributed by atoms with Gasteiger partial charge < -0.3 is 4.90 Å². The van der Waals surface area contributed by atoms with Crippen LogP contribution in [0.4, 0.5) is 0 Å². The highest BCUT2D eigenvalue weighted by molar-refractivity contribution is 5.92. The van der Waals surface area contributed by atoms with E-state index in [-0.39, 0.29) is 11.8 Å². The van der Waals surface area contributed by atoms with Crippen LogP contribution in [-0.2, 0) is 6.42 Å². The minimum absolute atomic E-state index is 0.0210. The Kier molecular flexibility index (Phi) is 4.78. The highest BCUT2D eigenvalue weighted by Crippen LogP contribution is 2.26. The summed E-state index contributed by atoms with van der Waals surface area (Å²) in [5.41, 5.74) is 3.97. The van der Waals surface area contributed by atoms with Gasteiger partial charge in [0.15, 0.2) is 0 Å². The molecule has 0 unspecified atom stereocenters. The van der Waals surface area contributed by atoms with Crippen LogP contribution in [0.25, 0.3) is 0 Å². The first-order valence-corrected chi connectivity index (χ1v) is 9.08. The van der Waals surface area contributed by atoms with E-state index in [9.17, 15) is 4.79 Å². The van der Waals surface area contributed by atoms with Gasteiger partial charge in [0.25, 0.3) is 5.91 Å². The van der Waals surface area contributed by atoms with Crippen LogP contribution in [0.2, 0.25) is 0 Å². The molecule has 132 valence electrons. The van der Waals surface area contributed by atoms with E-state index < -0.39 is 0 Å². The number of hydrogen-bond acceptors (Lipinski definition) is 3. The third-order valence-electron chi connectivity index (χ3n) is 4.91. The third kappa shape index (κ3) is 3.67. The summed E-state index contributed by atoms with van der Waals surface area (Å²) in [5, 5.41) is 6.65. The third-order valence-corrected chi connectivity index (χ3v) is 4.91. The molecular weight excluding hydrogens is 324 g/mol. The first kappa shape index (κ1) is 16.5. The van der Waals surface area contributed by atoms with Gasteiger partial charge in [0.2, 0.25) is 0 Å². The van der Waals surface area contributed by atoms with Crippen molar-refractivity contribution in [2.24, 2.45) is 0 Å². The molecule has 0 bridgehead atoms. The van der Waals surface area contributed by atoms with Gasteiger partial charge in [-0.1, -0.05) is 36.4 Å². The van der Waals surface area contributed by atoms with Crippen molar-refractivity contribution in [3.63, 3.8) is 0 Å². The van der Waals surface area contributed by atoms with E-state index in [1.165, 1.54) is 5.56 Å². The van der Waals surface area contributed by atoms with Gasteiger partial charge >= 0.3 is 0 Å². The number of benzene rings is 1. The summed E-state index contributed by atoms with van der Waals surface area (Å²) in [5.74, 6) is 0.305. The van der Waals surface area contributed by atoms with Gasteiger partial charge in [0, 0.05) is 43.0 Å². The Morgan fingerprint density at radius 2 is 2.00 bits per heavy atom. The van der Waals surface area contributed by atoms with Crippen molar-refractivity contribution in [2.45, 2.75) is 25.2 Å². The number of piperidine rings is 1. The lowest BCUT2D eigenvalue weighted by Crippen LogP contribution is -2.39. The quantitative estimate of drug-likeness (QED) is 0.787. The lowest BCUT2D eigenvalue weighted by Gasteiger charge is -2.32. The first-order valence-electron chi connectivity index (χ1n) is 9.08. The Hall–Kier alpha value is -2.95. The van der Waals surface area contributed by atoms with Gasteiger partial charge in [-0.05, 0) is 36.6 Å². The molecular formula is C21H22N4O. The smallest absolute Gasteiger partial charge is 0.271 e. The fourth-order valence-corrected chi connectivity index (χ4v) is 3.58. The molecule has 1 atom stereocenters. The fourth-order valence-electron chi connectivity index (χ4n) is 3.58. The van der Waals surface area contributed by atoms with Crippen LogP contribution in [0.3, 0.4) is 0 Å². The highest BCUT2D eigenvalue weighted by Gasteiger charge is 2.26. The van der Waals surface area contributed by atoms with Crippen molar-refractivity contribution < 1.29 is 4.79 Å². The van der Waals surface area contributed by atoms with Crippen LogP contribution in [0.1, 0.15) is 46.2 Å². The van der Waals surface area contributed by atoms with E-state index in [0.29, 0.717) is 12.2 Å². The van der Waals surface area contributed by atoms with Gasteiger partial charge in [-0.15, -0.1) is 0 Å². The number of carbonyl (C=O) groups excluding carboxylic acids is 1. The number of H-pyrrole nitrogens is 1. The standard InChI is InChI=1S/C21H22N4O/c26-21(20-11-12-22-24-20)25-13-5-8-17(15-25)19-10-4-9-18(23-19)14-16-6-2-1-3-7-16/h1-4,6-7,9-12,17H,5,8,13-15H2,(H,22,24)/t17-/m1/s1. The van der Waals surface area contributed by atoms with Crippen molar-refractivity contribution >= 4 is 5.91 Å². The van der Waals surface area contributed by atoms with E-state index in [4.69, 9.17) is 4.98 Å². The number of nitrogens with zero attached hydrogens (tertiary/aromatic N) is 3. The van der Waals surface area contributed by atoms with Gasteiger partial charge in [-0.3, -0.25) is 14.9 Å². The zero-order valence-electron chi connectivity index (χ0n) is 14.6. The molecule has 1 aliphatic heterocycles. The second-order valence-electron chi connectivity index (χ2n) is 6.78. The summed E-state index contributed by atoms with van der Waals surface area (Å²) in [4.78, 5) is 19.4. The highest BCUT2D eigenvalue weighted by atomic mass is 16.2. The zero-order chi connectivity index (χ0) is 17.8. The average molecular weight is 346 g/mol. The largest absolute Gasteiger partial charge is 0.337 e. The Bertz CT molecular complexity index is 861. The van der Waals surface area contributed by atoms with Crippen molar-refractivity contribution in [3.8, 4) is 0 Å². The Labute approximate surface area is 153 Å². The molecule has 3 aromatic rings. The van der Waals surface area contributed by atoms with Crippen LogP contribution in [-0.4, -0.2) is 39.1 Å². The molecule has 1 saturated heterocycles. The minimum atomic E-state index is 0.0210. The molecule has 1 aliphatic rings. The maximum Gasteiger partial charge on any atom is 0.271 e. The normalized spacial score (nSPS) is 17.2. The summed E-state index contributed by atoms with van der Waals surface area (Å²) in [6.07, 6.45) is 4.51. The maximum absolute atomic E-state index is 12.6. The summed E-state index contributed by atoms with van der Waals surface area (Å²) < 4.78 is 0. The predicted molar refractivity (Wildman–Crippen MR) is 100.0 cm³/mol. The molecule has 0 saturated carbocycles. The molecule has 4 rings (SSSR count).